The third kappa shape index (κ3) is 10.4. The van der Waals surface area contributed by atoms with E-state index in [2.05, 4.69) is 20.1 Å². The normalized spacial score (nSPS) is 26.0. The van der Waals surface area contributed by atoms with Gasteiger partial charge in [-0.25, -0.2) is 9.59 Å². The molecule has 0 aliphatic heterocycles. The molecule has 2 aliphatic carbocycles. The van der Waals surface area contributed by atoms with Crippen LogP contribution < -0.4 is 0 Å². The summed E-state index contributed by atoms with van der Waals surface area (Å²) in [6.45, 7) is 13.0. The van der Waals surface area contributed by atoms with Crippen LogP contribution in [0.1, 0.15) is 111 Å². The van der Waals surface area contributed by atoms with Crippen LogP contribution in [0.2, 0.25) is 0 Å². The Morgan fingerprint density at radius 3 is 1.81 bits per heavy atom. The van der Waals surface area contributed by atoms with E-state index in [0.717, 1.165) is 30.6 Å². The molecule has 0 amide bonds. The Bertz CT molecular complexity index is 712. The molecule has 206 valence electrons. The second-order valence-electron chi connectivity index (χ2n) is 12.1. The van der Waals surface area contributed by atoms with Crippen molar-refractivity contribution in [2.45, 2.75) is 111 Å². The lowest BCUT2D eigenvalue weighted by atomic mass is 9.67. The van der Waals surface area contributed by atoms with Crippen molar-refractivity contribution in [2.75, 3.05) is 19.8 Å². The van der Waals surface area contributed by atoms with E-state index in [0.29, 0.717) is 11.5 Å². The summed E-state index contributed by atoms with van der Waals surface area (Å²) in [4.78, 5) is 24.0. The van der Waals surface area contributed by atoms with Gasteiger partial charge in [0.2, 0.25) is 0 Å². The molecule has 0 radical (unpaired) electrons. The fourth-order valence-electron chi connectivity index (χ4n) is 6.09. The third-order valence-corrected chi connectivity index (χ3v) is 8.75. The molecule has 2 aliphatic rings. The number of carbonyl (C=O) groups excluding carboxylic acids is 2. The van der Waals surface area contributed by atoms with E-state index >= 15 is 0 Å². The summed E-state index contributed by atoms with van der Waals surface area (Å²) < 4.78 is 10.9. The van der Waals surface area contributed by atoms with Gasteiger partial charge in [0.1, 0.15) is 13.2 Å². The zero-order valence-electron chi connectivity index (χ0n) is 23.3. The van der Waals surface area contributed by atoms with E-state index in [-0.39, 0.29) is 18.8 Å². The molecule has 2 saturated carbocycles. The molecule has 0 heterocycles. The van der Waals surface area contributed by atoms with E-state index in [1.54, 1.807) is 6.92 Å². The van der Waals surface area contributed by atoms with Crippen molar-refractivity contribution in [3.8, 4) is 0 Å². The highest BCUT2D eigenvalue weighted by Crippen LogP contribution is 2.43. The molecule has 5 heteroatoms. The van der Waals surface area contributed by atoms with E-state index in [1.807, 2.05) is 6.92 Å². The first-order valence-corrected chi connectivity index (χ1v) is 14.5. The number of unbranched alkanes of at least 4 members (excludes halogenated alkanes) is 2. The number of rotatable bonds is 15. The van der Waals surface area contributed by atoms with Gasteiger partial charge < -0.3 is 14.6 Å². The average Bonchev–Trinajstić information content (AvgIpc) is 2.89. The van der Waals surface area contributed by atoms with Crippen molar-refractivity contribution in [3.63, 3.8) is 0 Å². The monoisotopic (exact) mass is 504 g/mol. The number of esters is 2. The van der Waals surface area contributed by atoms with Crippen LogP contribution in [-0.4, -0.2) is 36.9 Å². The molecule has 0 aromatic heterocycles. The molecule has 5 nitrogen and oxygen atoms in total. The van der Waals surface area contributed by atoms with Gasteiger partial charge in [-0.1, -0.05) is 78.4 Å². The van der Waals surface area contributed by atoms with E-state index in [9.17, 15) is 9.59 Å². The molecule has 0 aromatic carbocycles. The Kier molecular flexibility index (Phi) is 13.3. The third-order valence-electron chi connectivity index (χ3n) is 8.75. The zero-order chi connectivity index (χ0) is 26.6. The van der Waals surface area contributed by atoms with Gasteiger partial charge in [-0.15, -0.1) is 0 Å². The quantitative estimate of drug-likeness (QED) is 0.145. The molecule has 2 fully saturated rings. The number of aliphatic hydroxyl groups excluding tert-OH is 1. The van der Waals surface area contributed by atoms with E-state index in [1.165, 1.54) is 77.0 Å². The van der Waals surface area contributed by atoms with Gasteiger partial charge in [-0.05, 0) is 69.1 Å². The Balaban J connectivity index is 1.79. The molecule has 1 atom stereocenters. The summed E-state index contributed by atoms with van der Waals surface area (Å²) >= 11 is 0. The molecular formula is C31H52O5. The van der Waals surface area contributed by atoms with Crippen LogP contribution in [0.25, 0.3) is 0 Å². The second kappa shape index (κ2) is 15.6. The first kappa shape index (κ1) is 30.6. The predicted octanol–water partition coefficient (Wildman–Crippen LogP) is 7.18. The molecule has 0 spiro atoms. The number of carbonyl (C=O) groups is 2. The van der Waals surface area contributed by atoms with Crippen LogP contribution in [-0.2, 0) is 19.1 Å². The molecule has 0 saturated heterocycles. The average molecular weight is 505 g/mol. The van der Waals surface area contributed by atoms with E-state index in [4.69, 9.17) is 14.6 Å². The van der Waals surface area contributed by atoms with Crippen molar-refractivity contribution in [1.82, 2.24) is 0 Å². The highest BCUT2D eigenvalue weighted by atomic mass is 16.5. The second-order valence-corrected chi connectivity index (χ2v) is 12.1. The summed E-state index contributed by atoms with van der Waals surface area (Å²) in [6, 6.07) is 0. The highest BCUT2D eigenvalue weighted by molar-refractivity contribution is 5.88. The predicted molar refractivity (Wildman–Crippen MR) is 145 cm³/mol. The maximum absolute atomic E-state index is 12.0. The van der Waals surface area contributed by atoms with Crippen LogP contribution >= 0.6 is 0 Å². The van der Waals surface area contributed by atoms with Gasteiger partial charge in [0.05, 0.1) is 12.2 Å². The Morgan fingerprint density at radius 2 is 1.33 bits per heavy atom. The van der Waals surface area contributed by atoms with Gasteiger partial charge in [-0.2, -0.15) is 0 Å². The smallest absolute Gasteiger partial charge is 0.335 e. The summed E-state index contributed by atoms with van der Waals surface area (Å²) in [5.74, 6) is 2.45. The van der Waals surface area contributed by atoms with Crippen molar-refractivity contribution in [2.24, 2.45) is 29.1 Å². The Morgan fingerprint density at radius 1 is 0.833 bits per heavy atom. The maximum atomic E-state index is 12.0. The molecular weight excluding hydrogens is 452 g/mol. The van der Waals surface area contributed by atoms with Gasteiger partial charge in [0, 0.05) is 11.0 Å². The molecule has 1 unspecified atom stereocenters. The summed E-state index contributed by atoms with van der Waals surface area (Å²) in [7, 11) is 0. The lowest BCUT2D eigenvalue weighted by molar-refractivity contribution is -0.149. The number of hydrogen-bond acceptors (Lipinski definition) is 5. The minimum Gasteiger partial charge on any atom is -0.462 e. The van der Waals surface area contributed by atoms with Crippen LogP contribution in [0.15, 0.2) is 24.3 Å². The number of hydrogen-bond donors (Lipinski definition) is 1. The molecule has 2 rings (SSSR count). The SMILES string of the molecule is C=C(C)C(=O)OCC(C)(CCC1CCC(C2CCC(CCCCC)CC2)CC1)COC(=O)C(=C)CO. The fraction of sp³-hybridized carbons (Fsp3) is 0.806. The molecule has 36 heavy (non-hydrogen) atoms. The standard InChI is InChI=1S/C31H52O5/c1-6-7-8-9-25-10-14-27(15-11-25)28-16-12-26(13-17-28)18-19-31(5,21-35-29(33)23(2)3)22-36-30(34)24(4)20-32/h25-28,32H,2,4,6-22H2,1,3,5H3. The van der Waals surface area contributed by atoms with Crippen LogP contribution in [0, 0.1) is 29.1 Å². The first-order valence-electron chi connectivity index (χ1n) is 14.5. The topological polar surface area (TPSA) is 72.8 Å². The van der Waals surface area contributed by atoms with Gasteiger partial charge in [-0.3, -0.25) is 0 Å². The largest absolute Gasteiger partial charge is 0.462 e. The summed E-state index contributed by atoms with van der Waals surface area (Å²) in [5.41, 5.74) is -0.0929. The maximum Gasteiger partial charge on any atom is 0.335 e. The minimum atomic E-state index is -0.601. The van der Waals surface area contributed by atoms with Crippen LogP contribution in [0.5, 0.6) is 0 Å². The molecule has 0 bridgehead atoms. The highest BCUT2D eigenvalue weighted by Gasteiger charge is 2.33. The minimum absolute atomic E-state index is 0.0320. The van der Waals surface area contributed by atoms with Gasteiger partial charge in [0.25, 0.3) is 0 Å². The van der Waals surface area contributed by atoms with Crippen molar-refractivity contribution >= 4 is 11.9 Å². The van der Waals surface area contributed by atoms with Gasteiger partial charge >= 0.3 is 11.9 Å². The van der Waals surface area contributed by atoms with Crippen molar-refractivity contribution in [1.29, 1.82) is 0 Å². The summed E-state index contributed by atoms with van der Waals surface area (Å²) in [6.07, 6.45) is 18.4. The number of ether oxygens (including phenoxy) is 2. The van der Waals surface area contributed by atoms with E-state index < -0.39 is 24.0 Å². The zero-order valence-corrected chi connectivity index (χ0v) is 23.3. The molecule has 1 N–H and O–H groups in total. The van der Waals surface area contributed by atoms with Crippen LogP contribution in [0.3, 0.4) is 0 Å². The van der Waals surface area contributed by atoms with Gasteiger partial charge in [0.15, 0.2) is 0 Å². The summed E-state index contributed by atoms with van der Waals surface area (Å²) in [5, 5.41) is 9.14. The number of aliphatic hydroxyl groups is 1. The van der Waals surface area contributed by atoms with Crippen molar-refractivity contribution in [3.05, 3.63) is 24.3 Å². The molecule has 0 aromatic rings. The first-order chi connectivity index (χ1) is 17.2. The lowest BCUT2D eigenvalue weighted by Crippen LogP contribution is -2.33. The Labute approximate surface area is 220 Å². The fourth-order valence-corrected chi connectivity index (χ4v) is 6.09. The lowest BCUT2D eigenvalue weighted by Gasteiger charge is -2.38. The Hall–Kier alpha value is -1.62. The van der Waals surface area contributed by atoms with Crippen LogP contribution in [0.4, 0.5) is 0 Å². The van der Waals surface area contributed by atoms with Crippen molar-refractivity contribution < 1.29 is 24.2 Å².